The average molecular weight is 212 g/mol. The van der Waals surface area contributed by atoms with Crippen LogP contribution in [0.1, 0.15) is 15.9 Å². The molecule has 0 fully saturated rings. The monoisotopic (exact) mass is 212 g/mol. The molecule has 80 valence electrons. The Labute approximate surface area is 84.0 Å². The van der Waals surface area contributed by atoms with Gasteiger partial charge in [-0.05, 0) is 6.07 Å². The highest BCUT2D eigenvalue weighted by molar-refractivity contribution is 5.79. The number of fused-ring (bicyclic) bond motifs is 1. The summed E-state index contributed by atoms with van der Waals surface area (Å²) in [6.07, 6.45) is 0.366. The SMILES string of the molecule is O=Cc1cccc2c1C(O)(O)C(O)(O)O2. The van der Waals surface area contributed by atoms with Crippen molar-refractivity contribution in [1.29, 1.82) is 0 Å². The van der Waals surface area contributed by atoms with Gasteiger partial charge in [0.1, 0.15) is 5.75 Å². The Kier molecular flexibility index (Phi) is 1.86. The molecule has 6 heteroatoms. The summed E-state index contributed by atoms with van der Waals surface area (Å²) < 4.78 is 4.50. The van der Waals surface area contributed by atoms with Gasteiger partial charge in [0.2, 0.25) is 0 Å². The van der Waals surface area contributed by atoms with Crippen molar-refractivity contribution in [1.82, 2.24) is 0 Å². The molecule has 0 bridgehead atoms. The summed E-state index contributed by atoms with van der Waals surface area (Å²) in [4.78, 5) is 10.6. The molecule has 0 saturated carbocycles. The molecule has 6 nitrogen and oxygen atoms in total. The Bertz CT molecular complexity index is 423. The van der Waals surface area contributed by atoms with Crippen LogP contribution in [0.3, 0.4) is 0 Å². The van der Waals surface area contributed by atoms with E-state index in [9.17, 15) is 25.2 Å². The summed E-state index contributed by atoms with van der Waals surface area (Å²) in [5.41, 5.74) is -0.438. The van der Waals surface area contributed by atoms with Crippen LogP contribution in [0.25, 0.3) is 0 Å². The molecule has 0 unspecified atom stereocenters. The van der Waals surface area contributed by atoms with E-state index in [1.165, 1.54) is 18.2 Å². The molecule has 4 N–H and O–H groups in total. The van der Waals surface area contributed by atoms with Crippen molar-refractivity contribution < 1.29 is 30.0 Å². The first-order chi connectivity index (χ1) is 6.90. The number of hydrogen-bond donors (Lipinski definition) is 4. The topological polar surface area (TPSA) is 107 Å². The number of ether oxygens (including phenoxy) is 1. The Morgan fingerprint density at radius 2 is 1.87 bits per heavy atom. The van der Waals surface area contributed by atoms with Crippen LogP contribution in [-0.4, -0.2) is 32.7 Å². The first-order valence-corrected chi connectivity index (χ1v) is 4.07. The van der Waals surface area contributed by atoms with Gasteiger partial charge in [-0.2, -0.15) is 0 Å². The summed E-state index contributed by atoms with van der Waals surface area (Å²) in [7, 11) is 0. The van der Waals surface area contributed by atoms with Crippen LogP contribution in [0.15, 0.2) is 18.2 Å². The summed E-state index contributed by atoms with van der Waals surface area (Å²) in [6, 6.07) is 4.01. The Morgan fingerprint density at radius 3 is 2.47 bits per heavy atom. The zero-order chi connectivity index (χ0) is 11.3. The van der Waals surface area contributed by atoms with Crippen molar-refractivity contribution >= 4 is 6.29 Å². The maximum Gasteiger partial charge on any atom is 0.384 e. The van der Waals surface area contributed by atoms with Gasteiger partial charge >= 0.3 is 5.97 Å². The number of carbonyl (C=O) groups is 1. The van der Waals surface area contributed by atoms with E-state index < -0.39 is 11.8 Å². The Hall–Kier alpha value is -1.47. The lowest BCUT2D eigenvalue weighted by Crippen LogP contribution is -2.51. The van der Waals surface area contributed by atoms with Crippen LogP contribution in [0.5, 0.6) is 5.75 Å². The van der Waals surface area contributed by atoms with E-state index in [-0.39, 0.29) is 16.9 Å². The van der Waals surface area contributed by atoms with E-state index >= 15 is 0 Å². The second-order valence-corrected chi connectivity index (χ2v) is 3.22. The van der Waals surface area contributed by atoms with E-state index in [1.54, 1.807) is 0 Å². The Morgan fingerprint density at radius 1 is 1.20 bits per heavy atom. The van der Waals surface area contributed by atoms with Gasteiger partial charge in [0.05, 0.1) is 5.56 Å². The van der Waals surface area contributed by atoms with E-state index in [1.807, 2.05) is 0 Å². The van der Waals surface area contributed by atoms with Crippen LogP contribution in [0.4, 0.5) is 0 Å². The van der Waals surface area contributed by atoms with E-state index in [0.717, 1.165) is 0 Å². The van der Waals surface area contributed by atoms with Crippen molar-refractivity contribution in [2.24, 2.45) is 0 Å². The molecule has 1 aromatic rings. The van der Waals surface area contributed by atoms with Gasteiger partial charge in [-0.3, -0.25) is 4.79 Å². The molecule has 15 heavy (non-hydrogen) atoms. The van der Waals surface area contributed by atoms with Crippen molar-refractivity contribution in [3.63, 3.8) is 0 Å². The zero-order valence-corrected chi connectivity index (χ0v) is 7.41. The molecule has 1 heterocycles. The summed E-state index contributed by atoms with van der Waals surface area (Å²) in [5, 5.41) is 37.3. The minimum atomic E-state index is -3.16. The van der Waals surface area contributed by atoms with Gasteiger partial charge in [0.15, 0.2) is 6.29 Å². The van der Waals surface area contributed by atoms with Gasteiger partial charge in [0.25, 0.3) is 5.79 Å². The molecule has 0 amide bonds. The first-order valence-electron chi connectivity index (χ1n) is 4.07. The molecule has 1 aliphatic rings. The van der Waals surface area contributed by atoms with Gasteiger partial charge in [-0.1, -0.05) is 12.1 Å². The molecule has 0 radical (unpaired) electrons. The average Bonchev–Trinajstić information content (AvgIpc) is 2.33. The molecule has 2 rings (SSSR count). The van der Waals surface area contributed by atoms with Gasteiger partial charge in [0, 0.05) is 5.56 Å². The number of carbonyl (C=O) groups excluding carboxylic acids is 1. The van der Waals surface area contributed by atoms with Gasteiger partial charge in [-0.25, -0.2) is 0 Å². The zero-order valence-electron chi connectivity index (χ0n) is 7.41. The summed E-state index contributed by atoms with van der Waals surface area (Å²) >= 11 is 0. The van der Waals surface area contributed by atoms with Crippen molar-refractivity contribution in [2.45, 2.75) is 11.8 Å². The predicted octanol–water partition coefficient (Wildman–Crippen LogP) is -1.33. The minimum absolute atomic E-state index is 0.0810. The number of benzene rings is 1. The second kappa shape index (κ2) is 2.77. The van der Waals surface area contributed by atoms with Gasteiger partial charge in [-0.15, -0.1) is 0 Å². The maximum absolute atomic E-state index is 10.6. The van der Waals surface area contributed by atoms with Crippen LogP contribution in [0.2, 0.25) is 0 Å². The van der Waals surface area contributed by atoms with Crippen LogP contribution in [0, 0.1) is 0 Å². The lowest BCUT2D eigenvalue weighted by atomic mass is 10.00. The molecular weight excluding hydrogens is 204 g/mol. The Balaban J connectivity index is 2.70. The molecule has 0 aliphatic carbocycles. The highest BCUT2D eigenvalue weighted by Gasteiger charge is 2.59. The summed E-state index contributed by atoms with van der Waals surface area (Å²) in [6.45, 7) is 0. The molecular formula is C9H8O6. The highest BCUT2D eigenvalue weighted by Crippen LogP contribution is 2.44. The van der Waals surface area contributed by atoms with E-state index in [0.29, 0.717) is 6.29 Å². The van der Waals surface area contributed by atoms with Crippen LogP contribution < -0.4 is 4.74 Å². The number of aliphatic hydroxyl groups is 4. The van der Waals surface area contributed by atoms with Crippen LogP contribution in [-0.2, 0) is 5.79 Å². The van der Waals surface area contributed by atoms with Crippen LogP contribution >= 0.6 is 0 Å². The second-order valence-electron chi connectivity index (χ2n) is 3.22. The molecule has 0 atom stereocenters. The third kappa shape index (κ3) is 1.17. The normalized spacial score (nSPS) is 20.5. The fourth-order valence-electron chi connectivity index (χ4n) is 1.49. The standard InChI is InChI=1S/C9H8O6/c10-4-5-2-1-3-6-7(5)8(11,12)9(13,14)15-6/h1-4,11-14H. The summed E-state index contributed by atoms with van der Waals surface area (Å²) in [5.74, 6) is -6.34. The fourth-order valence-corrected chi connectivity index (χ4v) is 1.49. The number of hydrogen-bond acceptors (Lipinski definition) is 6. The maximum atomic E-state index is 10.6. The molecule has 1 aliphatic heterocycles. The van der Waals surface area contributed by atoms with Crippen molar-refractivity contribution in [2.75, 3.05) is 0 Å². The molecule has 0 aromatic heterocycles. The molecule has 0 saturated heterocycles. The van der Waals surface area contributed by atoms with Crippen molar-refractivity contribution in [3.8, 4) is 5.75 Å². The predicted molar refractivity (Wildman–Crippen MR) is 45.7 cm³/mol. The molecule has 0 spiro atoms. The lowest BCUT2D eigenvalue weighted by molar-refractivity contribution is -0.426. The molecule has 1 aromatic carbocycles. The third-order valence-corrected chi connectivity index (χ3v) is 2.24. The van der Waals surface area contributed by atoms with E-state index in [2.05, 4.69) is 4.74 Å². The minimum Gasteiger partial charge on any atom is -0.434 e. The largest absolute Gasteiger partial charge is 0.434 e. The quantitative estimate of drug-likeness (QED) is 0.339. The smallest absolute Gasteiger partial charge is 0.384 e. The lowest BCUT2D eigenvalue weighted by Gasteiger charge is -2.25. The first kappa shape index (κ1) is 10.1. The fraction of sp³-hybridized carbons (Fsp3) is 0.222. The van der Waals surface area contributed by atoms with Gasteiger partial charge < -0.3 is 25.2 Å². The number of rotatable bonds is 1. The third-order valence-electron chi connectivity index (χ3n) is 2.24. The highest BCUT2D eigenvalue weighted by atomic mass is 16.8. The number of aldehydes is 1. The van der Waals surface area contributed by atoms with Crippen molar-refractivity contribution in [3.05, 3.63) is 29.3 Å². The van der Waals surface area contributed by atoms with E-state index in [4.69, 9.17) is 0 Å².